The van der Waals surface area contributed by atoms with Crippen LogP contribution in [0.4, 0.5) is 5.82 Å². The first-order valence-electron chi connectivity index (χ1n) is 10.3. The van der Waals surface area contributed by atoms with Crippen LogP contribution in [-0.2, 0) is 32.7 Å². The largest absolute Gasteiger partial charge is 0.472 e. The maximum Gasteiger partial charge on any atom is 0.472 e. The fourth-order valence-electron chi connectivity index (χ4n) is 3.64. The number of carbonyl (C=O) groups is 2. The summed E-state index contributed by atoms with van der Waals surface area (Å²) in [4.78, 5) is 46.7. The van der Waals surface area contributed by atoms with Gasteiger partial charge in [-0.05, 0) is 12.8 Å². The van der Waals surface area contributed by atoms with Gasteiger partial charge in [0.1, 0.15) is 18.5 Å². The summed E-state index contributed by atoms with van der Waals surface area (Å²) in [6.45, 7) is 3.50. The van der Waals surface area contributed by atoms with Crippen molar-refractivity contribution in [3.05, 3.63) is 12.7 Å². The van der Waals surface area contributed by atoms with Gasteiger partial charge in [0.25, 0.3) is 0 Å². The number of imidazole rings is 1. The SMILES string of the molecule is CCCC(=O)Nc1ncnc2c1ncn2[C@H]1OC2COP(=O)(O)OC2[C@@H]1OC(=O)CCC. The predicted octanol–water partition coefficient (Wildman–Crippen LogP) is 1.69. The number of phosphoric acid groups is 1. The predicted molar refractivity (Wildman–Crippen MR) is 108 cm³/mol. The molecule has 1 amide bonds. The Morgan fingerprint density at radius 2 is 2.06 bits per heavy atom. The van der Waals surface area contributed by atoms with Crippen LogP contribution in [0, 0.1) is 0 Å². The number of hydrogen-bond donors (Lipinski definition) is 2. The van der Waals surface area contributed by atoms with E-state index in [2.05, 4.69) is 20.3 Å². The molecule has 32 heavy (non-hydrogen) atoms. The van der Waals surface area contributed by atoms with Gasteiger partial charge in [-0.3, -0.25) is 23.2 Å². The zero-order valence-electron chi connectivity index (χ0n) is 17.5. The van der Waals surface area contributed by atoms with Gasteiger partial charge in [-0.1, -0.05) is 13.8 Å². The number of rotatable bonds is 7. The molecule has 0 saturated carbocycles. The van der Waals surface area contributed by atoms with Gasteiger partial charge in [-0.15, -0.1) is 0 Å². The molecule has 5 atom stereocenters. The Hall–Kier alpha value is -2.44. The summed E-state index contributed by atoms with van der Waals surface area (Å²) < 4.78 is 35.1. The maximum absolute atomic E-state index is 12.3. The number of carbonyl (C=O) groups excluding carboxylic acids is 2. The second-order valence-electron chi connectivity index (χ2n) is 7.45. The van der Waals surface area contributed by atoms with Crippen LogP contribution >= 0.6 is 7.82 Å². The van der Waals surface area contributed by atoms with Gasteiger partial charge in [-0.2, -0.15) is 0 Å². The number of hydrogen-bond acceptors (Lipinski definition) is 10. The molecular formula is C18H24N5O8P. The van der Waals surface area contributed by atoms with Crippen LogP contribution in [0.15, 0.2) is 12.7 Å². The van der Waals surface area contributed by atoms with Crippen molar-refractivity contribution in [2.75, 3.05) is 11.9 Å². The van der Waals surface area contributed by atoms with Crippen molar-refractivity contribution >= 4 is 36.7 Å². The van der Waals surface area contributed by atoms with Gasteiger partial charge in [0.2, 0.25) is 5.91 Å². The summed E-state index contributed by atoms with van der Waals surface area (Å²) in [5.41, 5.74) is 0.638. The van der Waals surface area contributed by atoms with Crippen LogP contribution < -0.4 is 5.32 Å². The number of amides is 1. The Morgan fingerprint density at radius 1 is 1.28 bits per heavy atom. The summed E-state index contributed by atoms with van der Waals surface area (Å²) in [6.07, 6.45) is 0.639. The molecule has 0 aromatic carbocycles. The average Bonchev–Trinajstić information content (AvgIpc) is 3.30. The molecular weight excluding hydrogens is 445 g/mol. The highest BCUT2D eigenvalue weighted by Gasteiger charge is 2.55. The van der Waals surface area contributed by atoms with Crippen LogP contribution in [-0.4, -0.2) is 61.2 Å². The van der Waals surface area contributed by atoms with Gasteiger partial charge in [0, 0.05) is 12.8 Å². The molecule has 0 radical (unpaired) electrons. The Morgan fingerprint density at radius 3 is 2.81 bits per heavy atom. The summed E-state index contributed by atoms with van der Waals surface area (Å²) in [5, 5.41) is 2.70. The molecule has 0 spiro atoms. The molecule has 4 heterocycles. The smallest absolute Gasteiger partial charge is 0.455 e. The summed E-state index contributed by atoms with van der Waals surface area (Å²) in [6, 6.07) is 0. The zero-order valence-corrected chi connectivity index (χ0v) is 18.4. The summed E-state index contributed by atoms with van der Waals surface area (Å²) in [7, 11) is -4.30. The number of phosphoric ester groups is 1. The Labute approximate surface area is 183 Å². The van der Waals surface area contributed by atoms with Crippen molar-refractivity contribution in [1.82, 2.24) is 19.5 Å². The van der Waals surface area contributed by atoms with Crippen LogP contribution in [0.25, 0.3) is 11.2 Å². The lowest BCUT2D eigenvalue weighted by Gasteiger charge is -2.29. The van der Waals surface area contributed by atoms with E-state index in [4.69, 9.17) is 18.5 Å². The Bertz CT molecular complexity index is 1060. The lowest BCUT2D eigenvalue weighted by molar-refractivity contribution is -0.158. The molecule has 2 fully saturated rings. The van der Waals surface area contributed by atoms with E-state index in [0.29, 0.717) is 30.4 Å². The van der Waals surface area contributed by atoms with Crippen LogP contribution in [0.2, 0.25) is 0 Å². The molecule has 3 unspecified atom stereocenters. The highest BCUT2D eigenvalue weighted by atomic mass is 31.2. The van der Waals surface area contributed by atoms with E-state index in [1.165, 1.54) is 17.2 Å². The molecule has 2 aromatic rings. The number of anilines is 1. The van der Waals surface area contributed by atoms with Crippen molar-refractivity contribution in [3.8, 4) is 0 Å². The summed E-state index contributed by atoms with van der Waals surface area (Å²) in [5.74, 6) is -0.469. The highest BCUT2D eigenvalue weighted by molar-refractivity contribution is 7.47. The Balaban J connectivity index is 1.68. The number of esters is 1. The normalized spacial score (nSPS) is 29.6. The molecule has 2 aliphatic rings. The minimum absolute atomic E-state index is 0.161. The van der Waals surface area contributed by atoms with E-state index in [9.17, 15) is 19.0 Å². The summed E-state index contributed by atoms with van der Waals surface area (Å²) >= 11 is 0. The molecule has 174 valence electrons. The zero-order chi connectivity index (χ0) is 22.9. The minimum Gasteiger partial charge on any atom is -0.455 e. The maximum atomic E-state index is 12.3. The quantitative estimate of drug-likeness (QED) is 0.448. The van der Waals surface area contributed by atoms with Crippen molar-refractivity contribution < 1.29 is 37.6 Å². The molecule has 4 rings (SSSR count). The molecule has 2 aromatic heterocycles. The van der Waals surface area contributed by atoms with Crippen molar-refractivity contribution in [3.63, 3.8) is 0 Å². The third kappa shape index (κ3) is 4.52. The monoisotopic (exact) mass is 469 g/mol. The third-order valence-corrected chi connectivity index (χ3v) is 6.02. The van der Waals surface area contributed by atoms with Gasteiger partial charge >= 0.3 is 13.8 Å². The number of ether oxygens (including phenoxy) is 2. The molecule has 2 saturated heterocycles. The van der Waals surface area contributed by atoms with Crippen molar-refractivity contribution in [2.24, 2.45) is 0 Å². The second-order valence-corrected chi connectivity index (χ2v) is 8.85. The van der Waals surface area contributed by atoms with Crippen LogP contribution in [0.5, 0.6) is 0 Å². The lowest BCUT2D eigenvalue weighted by atomic mass is 10.1. The first-order valence-corrected chi connectivity index (χ1v) is 11.8. The molecule has 13 nitrogen and oxygen atoms in total. The number of nitrogens with one attached hydrogen (secondary N) is 1. The van der Waals surface area contributed by atoms with Gasteiger partial charge in [0.05, 0.1) is 12.9 Å². The average molecular weight is 469 g/mol. The first kappa shape index (κ1) is 22.7. The van der Waals surface area contributed by atoms with E-state index in [-0.39, 0.29) is 24.8 Å². The van der Waals surface area contributed by atoms with E-state index < -0.39 is 38.3 Å². The first-order chi connectivity index (χ1) is 15.3. The van der Waals surface area contributed by atoms with Gasteiger partial charge in [0.15, 0.2) is 29.3 Å². The minimum atomic E-state index is -4.30. The molecule has 2 aliphatic heterocycles. The van der Waals surface area contributed by atoms with E-state index >= 15 is 0 Å². The van der Waals surface area contributed by atoms with Crippen LogP contribution in [0.3, 0.4) is 0 Å². The van der Waals surface area contributed by atoms with Gasteiger partial charge in [-0.25, -0.2) is 19.5 Å². The molecule has 2 N–H and O–H groups in total. The fraction of sp³-hybridized carbons (Fsp3) is 0.611. The number of fused-ring (bicyclic) bond motifs is 2. The van der Waals surface area contributed by atoms with Gasteiger partial charge < -0.3 is 19.7 Å². The van der Waals surface area contributed by atoms with Crippen molar-refractivity contribution in [2.45, 2.75) is 64.1 Å². The fourth-order valence-corrected chi connectivity index (χ4v) is 4.60. The standard InChI is InChI=1S/C18H24N5O8P/c1-3-5-11(24)22-16-13-17(20-8-19-16)23(9-21-13)18-15(30-12(25)6-4-2)14-10(29-18)7-28-32(26,27)31-14/h8-10,14-15,18H,3-7H2,1-2H3,(H,26,27)(H,19,20,22,24)/t10?,14?,15-,18-/m0/s1. The second kappa shape index (κ2) is 9.20. The van der Waals surface area contributed by atoms with Crippen LogP contribution in [0.1, 0.15) is 45.8 Å². The lowest BCUT2D eigenvalue weighted by Crippen LogP contribution is -2.41. The molecule has 0 aliphatic carbocycles. The Kier molecular flexibility index (Phi) is 6.54. The topological polar surface area (TPSA) is 164 Å². The molecule has 14 heteroatoms. The van der Waals surface area contributed by atoms with E-state index in [0.717, 1.165) is 0 Å². The van der Waals surface area contributed by atoms with Crippen molar-refractivity contribution in [1.29, 1.82) is 0 Å². The highest BCUT2D eigenvalue weighted by Crippen LogP contribution is 2.53. The molecule has 0 bridgehead atoms. The number of aromatic nitrogens is 4. The number of nitrogens with zero attached hydrogens (tertiary/aromatic N) is 4. The third-order valence-electron chi connectivity index (χ3n) is 5.03. The van der Waals surface area contributed by atoms with E-state index in [1.807, 2.05) is 13.8 Å². The van der Waals surface area contributed by atoms with E-state index in [1.54, 1.807) is 0 Å².